The summed E-state index contributed by atoms with van der Waals surface area (Å²) in [7, 11) is -0.854. The molecule has 1 aromatic rings. The lowest BCUT2D eigenvalue weighted by atomic mass is 10.1. The van der Waals surface area contributed by atoms with Gasteiger partial charge in [-0.1, -0.05) is 19.1 Å². The summed E-state index contributed by atoms with van der Waals surface area (Å²) in [6.07, 6.45) is 0.717. The molecule has 0 aromatic heterocycles. The molecule has 1 unspecified atom stereocenters. The van der Waals surface area contributed by atoms with Crippen LogP contribution in [-0.2, 0) is 8.98 Å². The second kappa shape index (κ2) is 5.95. The van der Waals surface area contributed by atoms with E-state index in [1.54, 1.807) is 44.6 Å². The molecule has 1 fully saturated rings. The number of methoxy groups -OCH3 is 1. The van der Waals surface area contributed by atoms with Crippen molar-refractivity contribution in [2.75, 3.05) is 20.0 Å². The largest absolute Gasteiger partial charge is 0.497 e. The zero-order valence-corrected chi connectivity index (χ0v) is 13.1. The molecule has 1 heterocycles. The predicted molar refractivity (Wildman–Crippen MR) is 80.4 cm³/mol. The van der Waals surface area contributed by atoms with E-state index >= 15 is 0 Å². The average Bonchev–Trinajstić information content (AvgIpc) is 2.85. The third-order valence-corrected chi connectivity index (χ3v) is 6.40. The minimum atomic E-state index is -2.42. The molecule has 1 amide bonds. The molecule has 1 aromatic carbocycles. The van der Waals surface area contributed by atoms with E-state index in [2.05, 4.69) is 0 Å². The van der Waals surface area contributed by atoms with Gasteiger partial charge in [-0.3, -0.25) is 4.79 Å². The first-order valence-corrected chi connectivity index (χ1v) is 8.48. The fraction of sp³-hybridized carbons (Fsp3) is 0.429. The Hall–Kier alpha value is -1.73. The highest BCUT2D eigenvalue weighted by Gasteiger charge is 2.48. The van der Waals surface area contributed by atoms with Crippen molar-refractivity contribution in [1.82, 2.24) is 4.31 Å². The highest BCUT2D eigenvalue weighted by molar-refractivity contribution is 8.39. The Morgan fingerprint density at radius 1 is 1.43 bits per heavy atom. The lowest BCUT2D eigenvalue weighted by Crippen LogP contribution is -2.34. The van der Waals surface area contributed by atoms with Crippen molar-refractivity contribution in [1.29, 1.82) is 0 Å². The van der Waals surface area contributed by atoms with E-state index in [0.29, 0.717) is 5.75 Å². The molecule has 0 bridgehead atoms. The number of carbonyl (C=O) groups is 2. The first-order chi connectivity index (χ1) is 9.93. The fourth-order valence-corrected chi connectivity index (χ4v) is 4.71. The third kappa shape index (κ3) is 2.71. The Bertz CT molecular complexity index is 547. The molecule has 2 rings (SSSR count). The van der Waals surface area contributed by atoms with Gasteiger partial charge in [-0.25, -0.2) is 9.10 Å². The second-order valence-electron chi connectivity index (χ2n) is 4.71. The minimum Gasteiger partial charge on any atom is -0.497 e. The van der Waals surface area contributed by atoms with Gasteiger partial charge in [0.15, 0.2) is 0 Å². The van der Waals surface area contributed by atoms with Gasteiger partial charge < -0.3 is 14.0 Å². The van der Waals surface area contributed by atoms with Gasteiger partial charge in [-0.15, -0.1) is 0 Å². The van der Waals surface area contributed by atoms with Crippen LogP contribution in [-0.4, -0.2) is 40.6 Å². The van der Waals surface area contributed by atoms with Crippen molar-refractivity contribution in [2.45, 2.75) is 19.4 Å². The van der Waals surface area contributed by atoms with Gasteiger partial charge in [0.05, 0.1) is 19.8 Å². The van der Waals surface area contributed by atoms with Crippen LogP contribution < -0.4 is 4.74 Å². The first kappa shape index (κ1) is 15.7. The van der Waals surface area contributed by atoms with Crippen LogP contribution in [0, 0.1) is 0 Å². The molecule has 6 nitrogen and oxygen atoms in total. The summed E-state index contributed by atoms with van der Waals surface area (Å²) in [6, 6.07) is 6.66. The van der Waals surface area contributed by atoms with Crippen molar-refractivity contribution in [3.8, 4) is 5.75 Å². The molecule has 21 heavy (non-hydrogen) atoms. The van der Waals surface area contributed by atoms with E-state index in [-0.39, 0.29) is 18.1 Å². The third-order valence-electron chi connectivity index (χ3n) is 3.51. The molecule has 1 aliphatic heterocycles. The van der Waals surface area contributed by atoms with Crippen molar-refractivity contribution in [3.63, 3.8) is 0 Å². The van der Waals surface area contributed by atoms with E-state index in [9.17, 15) is 14.7 Å². The van der Waals surface area contributed by atoms with Crippen molar-refractivity contribution >= 4 is 21.7 Å². The lowest BCUT2D eigenvalue weighted by molar-refractivity contribution is -0.111. The standard InChI is InChI=1S/C14H19NO5S/c1-4-13(16)21(3)15(14(17)18)12(9-20-21)10-5-7-11(19-2)8-6-10/h5-8,12H,4,9H2,1-3H3,(H,17,18)/t12-/m1/s1. The van der Waals surface area contributed by atoms with Gasteiger partial charge >= 0.3 is 6.09 Å². The zero-order chi connectivity index (χ0) is 15.6. The number of benzene rings is 1. The van der Waals surface area contributed by atoms with Crippen LogP contribution in [0.25, 0.3) is 0 Å². The van der Waals surface area contributed by atoms with Gasteiger partial charge in [-0.05, 0) is 17.7 Å². The summed E-state index contributed by atoms with van der Waals surface area (Å²) in [5, 5.41) is 9.35. The normalized spacial score (nSPS) is 28.0. The number of rotatable bonds is 3. The maximum atomic E-state index is 12.1. The Kier molecular flexibility index (Phi) is 4.43. The summed E-state index contributed by atoms with van der Waals surface area (Å²) in [4.78, 5) is 23.7. The molecule has 0 saturated carbocycles. The number of nitrogens with zero attached hydrogens (tertiary/aromatic N) is 1. The Labute approximate surface area is 125 Å². The van der Waals surface area contributed by atoms with Crippen LogP contribution in [0.15, 0.2) is 24.3 Å². The number of carboxylic acid groups (broad SMARTS) is 1. The smallest absolute Gasteiger partial charge is 0.418 e. The lowest BCUT2D eigenvalue weighted by Gasteiger charge is -2.36. The van der Waals surface area contributed by atoms with E-state index in [4.69, 9.17) is 8.92 Å². The van der Waals surface area contributed by atoms with Crippen molar-refractivity contribution in [3.05, 3.63) is 29.8 Å². The average molecular weight is 313 g/mol. The highest BCUT2D eigenvalue weighted by atomic mass is 32.3. The van der Waals surface area contributed by atoms with Crippen LogP contribution in [0.5, 0.6) is 5.75 Å². The Morgan fingerprint density at radius 2 is 2.05 bits per heavy atom. The van der Waals surface area contributed by atoms with Crippen molar-refractivity contribution < 1.29 is 23.6 Å². The highest BCUT2D eigenvalue weighted by Crippen LogP contribution is 2.60. The molecular weight excluding hydrogens is 294 g/mol. The molecule has 2 atom stereocenters. The molecule has 116 valence electrons. The van der Waals surface area contributed by atoms with Crippen LogP contribution in [0.4, 0.5) is 4.79 Å². The quantitative estimate of drug-likeness (QED) is 0.928. The molecule has 0 spiro atoms. The SMILES string of the molecule is CCC(=O)S1(C)OC[C@H](c2ccc(OC)cc2)N1C(=O)O. The van der Waals surface area contributed by atoms with Gasteiger partial charge in [0, 0.05) is 23.2 Å². The maximum Gasteiger partial charge on any atom is 0.418 e. The summed E-state index contributed by atoms with van der Waals surface area (Å²) in [5.41, 5.74) is 0.790. The maximum absolute atomic E-state index is 12.1. The van der Waals surface area contributed by atoms with E-state index in [0.717, 1.165) is 5.56 Å². The predicted octanol–water partition coefficient (Wildman–Crippen LogP) is 2.95. The Balaban J connectivity index is 2.35. The second-order valence-corrected chi connectivity index (χ2v) is 7.40. The van der Waals surface area contributed by atoms with Crippen LogP contribution >= 0.6 is 10.5 Å². The zero-order valence-electron chi connectivity index (χ0n) is 12.2. The minimum absolute atomic E-state index is 0.166. The molecule has 0 radical (unpaired) electrons. The van der Waals surface area contributed by atoms with E-state index in [1.807, 2.05) is 0 Å². The summed E-state index contributed by atoms with van der Waals surface area (Å²) >= 11 is 0. The molecule has 1 aliphatic rings. The van der Waals surface area contributed by atoms with Gasteiger partial charge in [0.2, 0.25) is 5.12 Å². The van der Waals surface area contributed by atoms with Gasteiger partial charge in [-0.2, -0.15) is 0 Å². The molecular formula is C14H19NO5S. The molecule has 0 aliphatic carbocycles. The van der Waals surface area contributed by atoms with Crippen molar-refractivity contribution in [2.24, 2.45) is 0 Å². The number of ether oxygens (including phenoxy) is 1. The van der Waals surface area contributed by atoms with Gasteiger partial charge in [0.1, 0.15) is 5.75 Å². The number of amides is 1. The van der Waals surface area contributed by atoms with E-state index in [1.165, 1.54) is 4.31 Å². The van der Waals surface area contributed by atoms with Gasteiger partial charge in [0.25, 0.3) is 0 Å². The van der Waals surface area contributed by atoms with Crippen LogP contribution in [0.3, 0.4) is 0 Å². The van der Waals surface area contributed by atoms with Crippen LogP contribution in [0.2, 0.25) is 0 Å². The summed E-state index contributed by atoms with van der Waals surface area (Å²) in [6.45, 7) is 1.90. The van der Waals surface area contributed by atoms with E-state index < -0.39 is 22.6 Å². The first-order valence-electron chi connectivity index (χ1n) is 6.56. The fourth-order valence-electron chi connectivity index (χ4n) is 2.35. The number of hydrogen-bond donors (Lipinski definition) is 1. The Morgan fingerprint density at radius 3 is 2.52 bits per heavy atom. The monoisotopic (exact) mass is 313 g/mol. The van der Waals surface area contributed by atoms with Crippen LogP contribution in [0.1, 0.15) is 24.9 Å². The topological polar surface area (TPSA) is 76.1 Å². The number of carbonyl (C=O) groups excluding carboxylic acids is 1. The summed E-state index contributed by atoms with van der Waals surface area (Å²) in [5.74, 6) is 0.694. The summed E-state index contributed by atoms with van der Waals surface area (Å²) < 4.78 is 11.9. The number of hydrogen-bond acceptors (Lipinski definition) is 4. The molecule has 7 heteroatoms. The molecule has 1 saturated heterocycles. The molecule has 1 N–H and O–H groups in total.